The van der Waals surface area contributed by atoms with Crippen LogP contribution in [0, 0.1) is 0 Å². The van der Waals surface area contributed by atoms with Crippen molar-refractivity contribution in [1.82, 2.24) is 14.9 Å². The molecule has 0 atom stereocenters. The van der Waals surface area contributed by atoms with Crippen molar-refractivity contribution in [2.45, 2.75) is 0 Å². The Balaban J connectivity index is 1.70. The second-order valence-corrected chi connectivity index (χ2v) is 6.44. The zero-order valence-electron chi connectivity index (χ0n) is 14.5. The summed E-state index contributed by atoms with van der Waals surface area (Å²) in [5, 5.41) is 0. The monoisotopic (exact) mass is 330 g/mol. The van der Waals surface area contributed by atoms with Crippen LogP contribution in [0.2, 0.25) is 0 Å². The number of benzene rings is 2. The minimum Gasteiger partial charge on any atom is -0.338 e. The Morgan fingerprint density at radius 2 is 1.44 bits per heavy atom. The number of rotatable bonds is 3. The maximum Gasteiger partial charge on any atom is 0.225 e. The summed E-state index contributed by atoms with van der Waals surface area (Å²) in [5.41, 5.74) is 4.53. The van der Waals surface area contributed by atoms with E-state index in [1.165, 1.54) is 11.1 Å². The van der Waals surface area contributed by atoms with Crippen molar-refractivity contribution < 1.29 is 0 Å². The zero-order valence-corrected chi connectivity index (χ0v) is 14.5. The Labute approximate surface area is 148 Å². The largest absolute Gasteiger partial charge is 0.338 e. The SMILES string of the molecule is CN1CCN(c2nccc(-c3ccccc3-c3ccccc3)n2)CC1. The van der Waals surface area contributed by atoms with E-state index in [4.69, 9.17) is 4.98 Å². The van der Waals surface area contributed by atoms with Crippen LogP contribution in [0.1, 0.15) is 0 Å². The van der Waals surface area contributed by atoms with E-state index >= 15 is 0 Å². The maximum atomic E-state index is 4.87. The molecule has 4 rings (SSSR count). The molecule has 1 aliphatic heterocycles. The fraction of sp³-hybridized carbons (Fsp3) is 0.238. The summed E-state index contributed by atoms with van der Waals surface area (Å²) in [4.78, 5) is 14.0. The Morgan fingerprint density at radius 1 is 0.760 bits per heavy atom. The van der Waals surface area contributed by atoms with Crippen LogP contribution in [0.15, 0.2) is 66.9 Å². The van der Waals surface area contributed by atoms with Gasteiger partial charge in [0.25, 0.3) is 0 Å². The highest BCUT2D eigenvalue weighted by Crippen LogP contribution is 2.31. The highest BCUT2D eigenvalue weighted by atomic mass is 15.3. The molecule has 0 amide bonds. The first-order chi connectivity index (χ1) is 12.3. The number of likely N-dealkylation sites (N-methyl/N-ethyl adjacent to an activating group) is 1. The van der Waals surface area contributed by atoms with Gasteiger partial charge in [0.05, 0.1) is 5.69 Å². The lowest BCUT2D eigenvalue weighted by molar-refractivity contribution is 0.311. The number of hydrogen-bond donors (Lipinski definition) is 0. The van der Waals surface area contributed by atoms with E-state index in [-0.39, 0.29) is 0 Å². The lowest BCUT2D eigenvalue weighted by Gasteiger charge is -2.32. The van der Waals surface area contributed by atoms with Gasteiger partial charge in [-0.05, 0) is 24.2 Å². The lowest BCUT2D eigenvalue weighted by Crippen LogP contribution is -2.45. The summed E-state index contributed by atoms with van der Waals surface area (Å²) in [7, 11) is 2.16. The molecule has 2 heterocycles. The van der Waals surface area contributed by atoms with Crippen LogP contribution in [0.3, 0.4) is 0 Å². The molecule has 0 unspecified atom stereocenters. The molecular formula is C21H22N4. The smallest absolute Gasteiger partial charge is 0.225 e. The fourth-order valence-electron chi connectivity index (χ4n) is 3.23. The van der Waals surface area contributed by atoms with Crippen LogP contribution in [0.4, 0.5) is 5.95 Å². The third-order valence-electron chi connectivity index (χ3n) is 4.72. The molecule has 1 saturated heterocycles. The van der Waals surface area contributed by atoms with Gasteiger partial charge in [0.15, 0.2) is 0 Å². The second kappa shape index (κ2) is 7.03. The first-order valence-electron chi connectivity index (χ1n) is 8.72. The minimum absolute atomic E-state index is 0.827. The van der Waals surface area contributed by atoms with Gasteiger partial charge in [-0.1, -0.05) is 54.6 Å². The van der Waals surface area contributed by atoms with Gasteiger partial charge in [-0.2, -0.15) is 0 Å². The van der Waals surface area contributed by atoms with E-state index < -0.39 is 0 Å². The summed E-state index contributed by atoms with van der Waals surface area (Å²) in [5.74, 6) is 0.827. The Morgan fingerprint density at radius 3 is 2.20 bits per heavy atom. The van der Waals surface area contributed by atoms with Crippen LogP contribution in [0.5, 0.6) is 0 Å². The van der Waals surface area contributed by atoms with Gasteiger partial charge in [0, 0.05) is 37.9 Å². The number of piperazine rings is 1. The van der Waals surface area contributed by atoms with Crippen LogP contribution < -0.4 is 4.90 Å². The average Bonchev–Trinajstić information content (AvgIpc) is 2.69. The topological polar surface area (TPSA) is 32.3 Å². The van der Waals surface area contributed by atoms with Gasteiger partial charge in [-0.25, -0.2) is 9.97 Å². The molecule has 0 spiro atoms. The summed E-state index contributed by atoms with van der Waals surface area (Å²) in [6.45, 7) is 4.04. The van der Waals surface area contributed by atoms with Crippen molar-refractivity contribution in [3.63, 3.8) is 0 Å². The van der Waals surface area contributed by atoms with E-state index in [2.05, 4.69) is 70.4 Å². The lowest BCUT2D eigenvalue weighted by atomic mass is 9.98. The molecule has 0 radical (unpaired) electrons. The molecule has 2 aromatic carbocycles. The molecule has 0 bridgehead atoms. The molecule has 0 aliphatic carbocycles. The third kappa shape index (κ3) is 3.39. The van der Waals surface area contributed by atoms with Crippen LogP contribution in [-0.2, 0) is 0 Å². The highest BCUT2D eigenvalue weighted by molar-refractivity contribution is 5.82. The molecule has 1 aromatic heterocycles. The Hall–Kier alpha value is -2.72. The predicted octanol–water partition coefficient (Wildman–Crippen LogP) is 3.56. The van der Waals surface area contributed by atoms with Crippen molar-refractivity contribution >= 4 is 5.95 Å². The first kappa shape index (κ1) is 15.8. The normalized spacial score (nSPS) is 15.3. The highest BCUT2D eigenvalue weighted by Gasteiger charge is 2.17. The van der Waals surface area contributed by atoms with Gasteiger partial charge in [0.2, 0.25) is 5.95 Å². The van der Waals surface area contributed by atoms with E-state index in [9.17, 15) is 0 Å². The number of aromatic nitrogens is 2. The molecule has 4 nitrogen and oxygen atoms in total. The third-order valence-corrected chi connectivity index (χ3v) is 4.72. The summed E-state index contributed by atoms with van der Waals surface area (Å²) < 4.78 is 0. The first-order valence-corrected chi connectivity index (χ1v) is 8.72. The Bertz CT molecular complexity index is 839. The van der Waals surface area contributed by atoms with Crippen molar-refractivity contribution in [1.29, 1.82) is 0 Å². The van der Waals surface area contributed by atoms with E-state index in [0.29, 0.717) is 0 Å². The van der Waals surface area contributed by atoms with Crippen LogP contribution >= 0.6 is 0 Å². The number of anilines is 1. The molecule has 3 aromatic rings. The van der Waals surface area contributed by atoms with Gasteiger partial charge < -0.3 is 9.80 Å². The average molecular weight is 330 g/mol. The second-order valence-electron chi connectivity index (χ2n) is 6.44. The molecule has 1 aliphatic rings. The zero-order chi connectivity index (χ0) is 17.1. The number of nitrogens with zero attached hydrogens (tertiary/aromatic N) is 4. The molecular weight excluding hydrogens is 308 g/mol. The molecule has 1 fully saturated rings. The van der Waals surface area contributed by atoms with Crippen LogP contribution in [0.25, 0.3) is 22.4 Å². The van der Waals surface area contributed by atoms with Gasteiger partial charge in [0.1, 0.15) is 0 Å². The molecule has 25 heavy (non-hydrogen) atoms. The van der Waals surface area contributed by atoms with Crippen LogP contribution in [-0.4, -0.2) is 48.1 Å². The van der Waals surface area contributed by atoms with E-state index in [0.717, 1.165) is 43.4 Å². The summed E-state index contributed by atoms with van der Waals surface area (Å²) >= 11 is 0. The molecule has 4 heteroatoms. The van der Waals surface area contributed by atoms with Crippen molar-refractivity contribution in [2.24, 2.45) is 0 Å². The predicted molar refractivity (Wildman–Crippen MR) is 103 cm³/mol. The van der Waals surface area contributed by atoms with Gasteiger partial charge >= 0.3 is 0 Å². The maximum absolute atomic E-state index is 4.87. The fourth-order valence-corrected chi connectivity index (χ4v) is 3.23. The molecule has 126 valence electrons. The van der Waals surface area contributed by atoms with Crippen molar-refractivity contribution in [3.05, 3.63) is 66.9 Å². The summed E-state index contributed by atoms with van der Waals surface area (Å²) in [6, 6.07) is 20.9. The summed E-state index contributed by atoms with van der Waals surface area (Å²) in [6.07, 6.45) is 1.87. The van der Waals surface area contributed by atoms with Gasteiger partial charge in [-0.15, -0.1) is 0 Å². The van der Waals surface area contributed by atoms with Gasteiger partial charge in [-0.3, -0.25) is 0 Å². The quantitative estimate of drug-likeness (QED) is 0.735. The molecule has 0 saturated carbocycles. The number of hydrogen-bond acceptors (Lipinski definition) is 4. The van der Waals surface area contributed by atoms with E-state index in [1.807, 2.05) is 18.3 Å². The Kier molecular flexibility index (Phi) is 4.44. The van der Waals surface area contributed by atoms with E-state index in [1.54, 1.807) is 0 Å². The van der Waals surface area contributed by atoms with Crippen molar-refractivity contribution in [3.8, 4) is 22.4 Å². The standard InChI is InChI=1S/C21H22N4/c1-24-13-15-25(16-14-24)21-22-12-11-20(23-21)19-10-6-5-9-18(19)17-7-3-2-4-8-17/h2-12H,13-16H2,1H3. The minimum atomic E-state index is 0.827. The molecule has 0 N–H and O–H groups in total. The van der Waals surface area contributed by atoms with Crippen molar-refractivity contribution in [2.75, 3.05) is 38.1 Å².